The van der Waals surface area contributed by atoms with Crippen molar-refractivity contribution in [3.63, 3.8) is 0 Å². The molecule has 0 radical (unpaired) electrons. The third-order valence-electron chi connectivity index (χ3n) is 2.02. The van der Waals surface area contributed by atoms with Crippen LogP contribution >= 0.6 is 27.7 Å². The number of alkyl halides is 1. The van der Waals surface area contributed by atoms with Gasteiger partial charge in [0.25, 0.3) is 0 Å². The maximum Gasteiger partial charge on any atom is 0.0159 e. The van der Waals surface area contributed by atoms with E-state index in [2.05, 4.69) is 27.1 Å². The Morgan fingerprint density at radius 2 is 2.18 bits per heavy atom. The molecule has 1 aliphatic rings. The Morgan fingerprint density at radius 1 is 1.45 bits per heavy atom. The molecule has 0 bridgehead atoms. The zero-order valence-corrected chi connectivity index (χ0v) is 9.46. The van der Waals surface area contributed by atoms with E-state index < -0.39 is 0 Å². The lowest BCUT2D eigenvalue weighted by atomic mass is 10.5. The molecule has 0 amide bonds. The minimum Gasteiger partial charge on any atom is -0.299 e. The van der Waals surface area contributed by atoms with Crippen molar-refractivity contribution in [2.45, 2.75) is 18.9 Å². The second-order valence-electron chi connectivity index (χ2n) is 2.95. The fourth-order valence-electron chi connectivity index (χ4n) is 1.23. The molecule has 0 aromatic rings. The summed E-state index contributed by atoms with van der Waals surface area (Å²) in [6, 6.07) is 0.930. The number of hydrogen-bond acceptors (Lipinski definition) is 2. The Hall–Kier alpha value is 0.790. The van der Waals surface area contributed by atoms with Gasteiger partial charge in [0, 0.05) is 30.2 Å². The number of rotatable bonds is 6. The zero-order valence-electron chi connectivity index (χ0n) is 7.05. The fourth-order valence-corrected chi connectivity index (χ4v) is 2.11. The minimum absolute atomic E-state index is 0.930. The molecule has 1 fully saturated rings. The summed E-state index contributed by atoms with van der Waals surface area (Å²) in [5.74, 6) is 1.28. The first-order valence-corrected chi connectivity index (χ1v) is 6.69. The van der Waals surface area contributed by atoms with Gasteiger partial charge in [0.05, 0.1) is 0 Å². The van der Waals surface area contributed by atoms with Crippen molar-refractivity contribution in [1.29, 1.82) is 0 Å². The standard InChI is InChI=1S/C8H16BrNS/c1-11-7-6-10(5-4-9)8-2-3-8/h8H,2-7H2,1H3. The molecular formula is C8H16BrNS. The van der Waals surface area contributed by atoms with Crippen molar-refractivity contribution in [2.24, 2.45) is 0 Å². The fraction of sp³-hybridized carbons (Fsp3) is 1.00. The summed E-state index contributed by atoms with van der Waals surface area (Å²) in [7, 11) is 0. The van der Waals surface area contributed by atoms with Crippen LogP contribution < -0.4 is 0 Å². The lowest BCUT2D eigenvalue weighted by molar-refractivity contribution is 0.299. The largest absolute Gasteiger partial charge is 0.299 e. The molecule has 0 N–H and O–H groups in total. The third-order valence-corrected chi connectivity index (χ3v) is 2.96. The molecule has 0 aromatic carbocycles. The second-order valence-corrected chi connectivity index (χ2v) is 4.73. The van der Waals surface area contributed by atoms with E-state index in [0.29, 0.717) is 0 Å². The molecule has 0 saturated heterocycles. The highest BCUT2D eigenvalue weighted by atomic mass is 79.9. The normalized spacial score (nSPS) is 17.7. The van der Waals surface area contributed by atoms with E-state index in [0.717, 1.165) is 11.4 Å². The van der Waals surface area contributed by atoms with E-state index in [-0.39, 0.29) is 0 Å². The molecule has 0 atom stereocenters. The summed E-state index contributed by atoms with van der Waals surface area (Å²) < 4.78 is 0. The van der Waals surface area contributed by atoms with Gasteiger partial charge < -0.3 is 0 Å². The number of nitrogens with zero attached hydrogens (tertiary/aromatic N) is 1. The molecule has 0 aliphatic heterocycles. The van der Waals surface area contributed by atoms with Gasteiger partial charge in [0.2, 0.25) is 0 Å². The van der Waals surface area contributed by atoms with E-state index >= 15 is 0 Å². The van der Waals surface area contributed by atoms with Crippen LogP contribution in [0.25, 0.3) is 0 Å². The number of halogens is 1. The molecule has 0 heterocycles. The van der Waals surface area contributed by atoms with Crippen molar-refractivity contribution >= 4 is 27.7 Å². The van der Waals surface area contributed by atoms with Crippen LogP contribution in [0.3, 0.4) is 0 Å². The molecule has 1 nitrogen and oxygen atoms in total. The van der Waals surface area contributed by atoms with Gasteiger partial charge in [0.1, 0.15) is 0 Å². The molecule has 0 spiro atoms. The number of hydrogen-bond donors (Lipinski definition) is 0. The molecule has 66 valence electrons. The molecule has 3 heteroatoms. The van der Waals surface area contributed by atoms with E-state index in [4.69, 9.17) is 0 Å². The predicted octanol–water partition coefficient (Wildman–Crippen LogP) is 2.21. The first kappa shape index (κ1) is 9.87. The highest BCUT2D eigenvalue weighted by molar-refractivity contribution is 9.09. The topological polar surface area (TPSA) is 3.24 Å². The van der Waals surface area contributed by atoms with Crippen LogP contribution in [0.2, 0.25) is 0 Å². The van der Waals surface area contributed by atoms with Crippen LogP contribution in [0.5, 0.6) is 0 Å². The summed E-state index contributed by atoms with van der Waals surface area (Å²) in [6.07, 6.45) is 5.04. The van der Waals surface area contributed by atoms with Crippen molar-refractivity contribution in [3.8, 4) is 0 Å². The minimum atomic E-state index is 0.930. The Kier molecular flexibility index (Phi) is 4.88. The zero-order chi connectivity index (χ0) is 8.10. The van der Waals surface area contributed by atoms with Gasteiger partial charge in [-0.05, 0) is 19.1 Å². The SMILES string of the molecule is CSCCN(CCBr)C1CC1. The van der Waals surface area contributed by atoms with Crippen LogP contribution in [0.1, 0.15) is 12.8 Å². The first-order valence-electron chi connectivity index (χ1n) is 4.17. The third kappa shape index (κ3) is 3.81. The molecule has 11 heavy (non-hydrogen) atoms. The van der Waals surface area contributed by atoms with Gasteiger partial charge in [0.15, 0.2) is 0 Å². The molecule has 0 aromatic heterocycles. The Morgan fingerprint density at radius 3 is 2.64 bits per heavy atom. The molecule has 1 saturated carbocycles. The monoisotopic (exact) mass is 237 g/mol. The van der Waals surface area contributed by atoms with E-state index in [1.807, 2.05) is 11.8 Å². The molecule has 1 aliphatic carbocycles. The predicted molar refractivity (Wildman–Crippen MR) is 56.8 cm³/mol. The highest BCUT2D eigenvalue weighted by Crippen LogP contribution is 2.26. The van der Waals surface area contributed by atoms with Gasteiger partial charge in [-0.1, -0.05) is 15.9 Å². The smallest absolute Gasteiger partial charge is 0.0159 e. The Labute approximate surface area is 82.0 Å². The average Bonchev–Trinajstić information content (AvgIpc) is 2.80. The maximum absolute atomic E-state index is 3.49. The van der Waals surface area contributed by atoms with Gasteiger partial charge in [-0.3, -0.25) is 4.90 Å². The van der Waals surface area contributed by atoms with Crippen molar-refractivity contribution in [3.05, 3.63) is 0 Å². The van der Waals surface area contributed by atoms with Gasteiger partial charge in [-0.15, -0.1) is 0 Å². The lowest BCUT2D eigenvalue weighted by Gasteiger charge is -2.19. The van der Waals surface area contributed by atoms with E-state index in [1.54, 1.807) is 0 Å². The van der Waals surface area contributed by atoms with Gasteiger partial charge >= 0.3 is 0 Å². The average molecular weight is 238 g/mol. The second kappa shape index (κ2) is 5.44. The Bertz CT molecular complexity index is 106. The summed E-state index contributed by atoms with van der Waals surface area (Å²) in [6.45, 7) is 2.50. The maximum atomic E-state index is 3.49. The summed E-state index contributed by atoms with van der Waals surface area (Å²) >= 11 is 5.43. The quantitative estimate of drug-likeness (QED) is 0.653. The van der Waals surface area contributed by atoms with Crippen LogP contribution in [-0.2, 0) is 0 Å². The Balaban J connectivity index is 2.10. The van der Waals surface area contributed by atoms with E-state index in [1.165, 1.54) is 31.7 Å². The summed E-state index contributed by atoms with van der Waals surface area (Å²) in [4.78, 5) is 2.60. The number of thioether (sulfide) groups is 1. The van der Waals surface area contributed by atoms with Crippen molar-refractivity contribution in [1.82, 2.24) is 4.90 Å². The van der Waals surface area contributed by atoms with E-state index in [9.17, 15) is 0 Å². The van der Waals surface area contributed by atoms with Crippen LogP contribution in [0.15, 0.2) is 0 Å². The van der Waals surface area contributed by atoms with Crippen LogP contribution in [0.4, 0.5) is 0 Å². The highest BCUT2D eigenvalue weighted by Gasteiger charge is 2.27. The van der Waals surface area contributed by atoms with Gasteiger partial charge in [-0.25, -0.2) is 0 Å². The molecule has 1 rings (SSSR count). The van der Waals surface area contributed by atoms with Crippen LogP contribution in [-0.4, -0.2) is 41.4 Å². The van der Waals surface area contributed by atoms with Crippen molar-refractivity contribution in [2.75, 3.05) is 30.4 Å². The summed E-state index contributed by atoms with van der Waals surface area (Å²) in [5.41, 5.74) is 0. The molecule has 0 unspecified atom stereocenters. The van der Waals surface area contributed by atoms with Gasteiger partial charge in [-0.2, -0.15) is 11.8 Å². The van der Waals surface area contributed by atoms with Crippen molar-refractivity contribution < 1.29 is 0 Å². The lowest BCUT2D eigenvalue weighted by Crippen LogP contribution is -2.30. The summed E-state index contributed by atoms with van der Waals surface area (Å²) in [5, 5.41) is 1.12. The van der Waals surface area contributed by atoms with Crippen LogP contribution in [0, 0.1) is 0 Å². The molecular weight excluding hydrogens is 222 g/mol. The first-order chi connectivity index (χ1) is 5.38.